The Labute approximate surface area is 124 Å². The number of anilines is 1. The number of nitrogens with one attached hydrogen (secondary N) is 1. The molecular weight excluding hydrogens is 286 g/mol. The Morgan fingerprint density at radius 1 is 1.27 bits per heavy atom. The Kier molecular flexibility index (Phi) is 3.33. The van der Waals surface area contributed by atoms with Crippen LogP contribution in [0.5, 0.6) is 0 Å². The lowest BCUT2D eigenvalue weighted by Gasteiger charge is -2.08. The molecule has 108 valence electrons. The minimum atomic E-state index is -0.621. The van der Waals surface area contributed by atoms with Gasteiger partial charge in [0.05, 0.1) is 23.4 Å². The van der Waals surface area contributed by atoms with Crippen molar-refractivity contribution in [3.05, 3.63) is 58.2 Å². The molecule has 0 amide bonds. The third-order valence-corrected chi connectivity index (χ3v) is 3.03. The smallest absolute Gasteiger partial charge is 0.328 e. The monoisotopic (exact) mass is 295 g/mol. The highest BCUT2D eigenvalue weighted by Crippen LogP contribution is 2.25. The van der Waals surface area contributed by atoms with Gasteiger partial charge < -0.3 is 5.32 Å². The summed E-state index contributed by atoms with van der Waals surface area (Å²) in [5.41, 5.74) is 1.05. The lowest BCUT2D eigenvalue weighted by Crippen LogP contribution is -2.09. The first-order chi connectivity index (χ1) is 10.7. The molecule has 3 aromatic heterocycles. The van der Waals surface area contributed by atoms with Crippen LogP contribution in [0.25, 0.3) is 5.65 Å². The van der Waals surface area contributed by atoms with E-state index in [-0.39, 0.29) is 23.6 Å². The first-order valence-corrected chi connectivity index (χ1v) is 6.25. The number of hydrogen-bond donors (Lipinski definition) is 1. The van der Waals surface area contributed by atoms with Gasteiger partial charge in [-0.05, 0) is 12.1 Å². The molecule has 9 nitrogen and oxygen atoms in total. The molecule has 0 radical (unpaired) electrons. The molecule has 0 bridgehead atoms. The van der Waals surface area contributed by atoms with E-state index in [9.17, 15) is 10.1 Å². The van der Waals surface area contributed by atoms with E-state index >= 15 is 0 Å². The number of nitriles is 1. The summed E-state index contributed by atoms with van der Waals surface area (Å²) < 4.78 is 1.62. The number of fused-ring (bicyclic) bond motifs is 1. The maximum absolute atomic E-state index is 11.1. The molecule has 1 N–H and O–H groups in total. The largest absolute Gasteiger partial charge is 0.359 e. The second-order valence-electron chi connectivity index (χ2n) is 4.32. The SMILES string of the molecule is N#Cc1ccnc(NCc2ccnc3ccnn23)c1[N+](=O)[O-]. The minimum Gasteiger partial charge on any atom is -0.359 e. The van der Waals surface area contributed by atoms with Gasteiger partial charge >= 0.3 is 5.69 Å². The van der Waals surface area contributed by atoms with Crippen LogP contribution in [0.1, 0.15) is 11.3 Å². The predicted octanol–water partition coefficient (Wildman–Crippen LogP) is 1.52. The van der Waals surface area contributed by atoms with Crippen molar-refractivity contribution in [1.82, 2.24) is 19.6 Å². The van der Waals surface area contributed by atoms with Crippen molar-refractivity contribution in [1.29, 1.82) is 5.26 Å². The summed E-state index contributed by atoms with van der Waals surface area (Å²) in [6.45, 7) is 0.253. The van der Waals surface area contributed by atoms with Crippen LogP contribution < -0.4 is 5.32 Å². The Hall–Kier alpha value is -3.54. The van der Waals surface area contributed by atoms with Crippen LogP contribution in [0.2, 0.25) is 0 Å². The molecule has 0 unspecified atom stereocenters. The summed E-state index contributed by atoms with van der Waals surface area (Å²) in [5, 5.41) is 27.1. The van der Waals surface area contributed by atoms with Crippen LogP contribution in [0.3, 0.4) is 0 Å². The summed E-state index contributed by atoms with van der Waals surface area (Å²) in [7, 11) is 0. The number of pyridine rings is 1. The van der Waals surface area contributed by atoms with Gasteiger partial charge in [-0.3, -0.25) is 10.1 Å². The Balaban J connectivity index is 1.93. The molecule has 3 aromatic rings. The van der Waals surface area contributed by atoms with Crippen molar-refractivity contribution >= 4 is 17.2 Å². The van der Waals surface area contributed by atoms with Crippen LogP contribution in [0.15, 0.2) is 36.8 Å². The molecule has 0 saturated carbocycles. The first kappa shape index (κ1) is 13.4. The standard InChI is InChI=1S/C13H9N7O2/c14-7-9-1-4-16-13(12(9)20(21)22)17-8-10-2-5-15-11-3-6-18-19(10)11/h1-6H,8H2,(H,16,17). The summed E-state index contributed by atoms with van der Waals surface area (Å²) in [4.78, 5) is 18.6. The van der Waals surface area contributed by atoms with Crippen molar-refractivity contribution in [2.45, 2.75) is 6.54 Å². The van der Waals surface area contributed by atoms with Gasteiger partial charge in [0.15, 0.2) is 5.65 Å². The first-order valence-electron chi connectivity index (χ1n) is 6.25. The zero-order chi connectivity index (χ0) is 15.5. The van der Waals surface area contributed by atoms with Crippen molar-refractivity contribution < 1.29 is 4.92 Å². The predicted molar refractivity (Wildman–Crippen MR) is 75.9 cm³/mol. The van der Waals surface area contributed by atoms with Gasteiger partial charge in [-0.2, -0.15) is 10.4 Å². The van der Waals surface area contributed by atoms with Gasteiger partial charge in [0, 0.05) is 18.5 Å². The molecule has 0 aliphatic carbocycles. The second kappa shape index (κ2) is 5.45. The Morgan fingerprint density at radius 2 is 2.09 bits per heavy atom. The van der Waals surface area contributed by atoms with Gasteiger partial charge in [-0.15, -0.1) is 0 Å². The highest BCUT2D eigenvalue weighted by molar-refractivity contribution is 5.64. The molecule has 0 saturated heterocycles. The van der Waals surface area contributed by atoms with Gasteiger partial charge in [0.2, 0.25) is 5.82 Å². The van der Waals surface area contributed by atoms with Crippen LogP contribution >= 0.6 is 0 Å². The van der Waals surface area contributed by atoms with E-state index in [1.807, 2.05) is 0 Å². The van der Waals surface area contributed by atoms with E-state index in [4.69, 9.17) is 5.26 Å². The average molecular weight is 295 g/mol. The highest BCUT2D eigenvalue weighted by atomic mass is 16.6. The summed E-state index contributed by atoms with van der Waals surface area (Å²) in [6, 6.07) is 6.59. The Morgan fingerprint density at radius 3 is 2.86 bits per heavy atom. The highest BCUT2D eigenvalue weighted by Gasteiger charge is 2.21. The fourth-order valence-corrected chi connectivity index (χ4v) is 2.05. The third-order valence-electron chi connectivity index (χ3n) is 3.03. The quantitative estimate of drug-likeness (QED) is 0.571. The van der Waals surface area contributed by atoms with E-state index in [2.05, 4.69) is 20.4 Å². The van der Waals surface area contributed by atoms with E-state index in [0.29, 0.717) is 5.65 Å². The topological polar surface area (TPSA) is 122 Å². The zero-order valence-corrected chi connectivity index (χ0v) is 11.2. The van der Waals surface area contributed by atoms with Crippen LogP contribution in [-0.4, -0.2) is 24.5 Å². The number of hydrogen-bond acceptors (Lipinski definition) is 7. The maximum Gasteiger partial charge on any atom is 0.328 e. The number of nitrogens with zero attached hydrogens (tertiary/aromatic N) is 6. The molecule has 3 heterocycles. The van der Waals surface area contributed by atoms with Gasteiger partial charge in [-0.25, -0.2) is 14.5 Å². The zero-order valence-electron chi connectivity index (χ0n) is 11.2. The molecule has 0 atom stereocenters. The average Bonchev–Trinajstić information content (AvgIpc) is 3.01. The van der Waals surface area contributed by atoms with Crippen LogP contribution in [0, 0.1) is 21.4 Å². The van der Waals surface area contributed by atoms with E-state index in [1.165, 1.54) is 12.3 Å². The maximum atomic E-state index is 11.1. The number of aromatic nitrogens is 4. The molecule has 3 rings (SSSR count). The molecule has 9 heteroatoms. The van der Waals surface area contributed by atoms with E-state index < -0.39 is 4.92 Å². The molecule has 0 aliphatic rings. The van der Waals surface area contributed by atoms with E-state index in [0.717, 1.165) is 5.69 Å². The van der Waals surface area contributed by atoms with Crippen LogP contribution in [0.4, 0.5) is 11.5 Å². The lowest BCUT2D eigenvalue weighted by molar-refractivity contribution is -0.384. The molecule has 0 fully saturated rings. The fraction of sp³-hybridized carbons (Fsp3) is 0.0769. The molecule has 0 spiro atoms. The fourth-order valence-electron chi connectivity index (χ4n) is 2.05. The van der Waals surface area contributed by atoms with E-state index in [1.54, 1.807) is 35.1 Å². The van der Waals surface area contributed by atoms with Gasteiger partial charge in [0.25, 0.3) is 0 Å². The lowest BCUT2D eigenvalue weighted by atomic mass is 10.2. The van der Waals surface area contributed by atoms with Crippen molar-refractivity contribution in [3.8, 4) is 6.07 Å². The number of rotatable bonds is 4. The Bertz CT molecular complexity index is 897. The summed E-state index contributed by atoms with van der Waals surface area (Å²) in [5.74, 6) is 0.0427. The second-order valence-corrected chi connectivity index (χ2v) is 4.32. The summed E-state index contributed by atoms with van der Waals surface area (Å²) >= 11 is 0. The van der Waals surface area contributed by atoms with Gasteiger partial charge in [0.1, 0.15) is 11.6 Å². The van der Waals surface area contributed by atoms with Crippen molar-refractivity contribution in [3.63, 3.8) is 0 Å². The van der Waals surface area contributed by atoms with Crippen molar-refractivity contribution in [2.24, 2.45) is 0 Å². The van der Waals surface area contributed by atoms with Gasteiger partial charge in [-0.1, -0.05) is 0 Å². The molecule has 0 aromatic carbocycles. The molecular formula is C13H9N7O2. The summed E-state index contributed by atoms with van der Waals surface area (Å²) in [6.07, 6.45) is 4.59. The third kappa shape index (κ3) is 2.29. The van der Waals surface area contributed by atoms with Crippen molar-refractivity contribution in [2.75, 3.05) is 5.32 Å². The van der Waals surface area contributed by atoms with Crippen LogP contribution in [-0.2, 0) is 6.54 Å². The molecule has 0 aliphatic heterocycles. The number of nitro groups is 1. The minimum absolute atomic E-state index is 0.0403. The normalized spacial score (nSPS) is 10.3. The molecule has 22 heavy (non-hydrogen) atoms.